The van der Waals surface area contributed by atoms with Crippen molar-refractivity contribution in [1.29, 1.82) is 0 Å². The third-order valence-corrected chi connectivity index (χ3v) is 4.77. The maximum Gasteiger partial charge on any atom is 0.344 e. The van der Waals surface area contributed by atoms with Gasteiger partial charge in [0.25, 0.3) is 11.8 Å². The summed E-state index contributed by atoms with van der Waals surface area (Å²) in [5.74, 6) is -0.558. The first-order valence-corrected chi connectivity index (χ1v) is 9.88. The molecule has 0 saturated heterocycles. The first-order chi connectivity index (χ1) is 14.5. The van der Waals surface area contributed by atoms with Gasteiger partial charge in [-0.2, -0.15) is 0 Å². The van der Waals surface area contributed by atoms with Crippen LogP contribution in [0.1, 0.15) is 57.3 Å². The van der Waals surface area contributed by atoms with Crippen LogP contribution in [0.4, 0.5) is 0 Å². The van der Waals surface area contributed by atoms with Gasteiger partial charge in [-0.15, -0.1) is 0 Å². The molecule has 30 heavy (non-hydrogen) atoms. The lowest BCUT2D eigenvalue weighted by Crippen LogP contribution is -2.30. The van der Waals surface area contributed by atoms with Gasteiger partial charge >= 0.3 is 5.97 Å². The predicted octanol–water partition coefficient (Wildman–Crippen LogP) is 3.28. The Morgan fingerprint density at radius 3 is 2.13 bits per heavy atom. The molecule has 7 nitrogen and oxygen atoms in total. The Kier molecular flexibility index (Phi) is 6.95. The summed E-state index contributed by atoms with van der Waals surface area (Å²) in [6.07, 6.45) is 1.49. The number of carbonyl (C=O) groups excluding carboxylic acids is 4. The Labute approximate surface area is 174 Å². The van der Waals surface area contributed by atoms with Crippen LogP contribution in [0.2, 0.25) is 0 Å². The van der Waals surface area contributed by atoms with E-state index in [1.54, 1.807) is 55.5 Å². The summed E-state index contributed by atoms with van der Waals surface area (Å²) in [5.41, 5.74) is 1.46. The summed E-state index contributed by atoms with van der Waals surface area (Å²) in [7, 11) is 0. The van der Waals surface area contributed by atoms with E-state index >= 15 is 0 Å². The Bertz CT molecular complexity index is 915. The summed E-state index contributed by atoms with van der Waals surface area (Å²) in [4.78, 5) is 49.1. The molecule has 3 rings (SSSR count). The number of rotatable bonds is 10. The van der Waals surface area contributed by atoms with E-state index in [2.05, 4.69) is 0 Å². The van der Waals surface area contributed by atoms with Crippen LogP contribution in [-0.2, 0) is 9.53 Å². The highest BCUT2D eigenvalue weighted by Gasteiger charge is 2.34. The highest BCUT2D eigenvalue weighted by molar-refractivity contribution is 6.21. The number of fused-ring (bicyclic) bond motifs is 1. The number of imide groups is 1. The molecular weight excluding hydrogens is 386 g/mol. The molecule has 0 radical (unpaired) electrons. The fourth-order valence-electron chi connectivity index (χ4n) is 3.13. The van der Waals surface area contributed by atoms with E-state index in [0.29, 0.717) is 41.7 Å². The van der Waals surface area contributed by atoms with Crippen molar-refractivity contribution in [3.8, 4) is 5.75 Å². The molecule has 0 bridgehead atoms. The number of amides is 2. The van der Waals surface area contributed by atoms with E-state index in [-0.39, 0.29) is 37.4 Å². The number of esters is 1. The smallest absolute Gasteiger partial charge is 0.344 e. The lowest BCUT2D eigenvalue weighted by molar-refractivity contribution is -0.146. The number of ketones is 1. The fraction of sp³-hybridized carbons (Fsp3) is 0.304. The summed E-state index contributed by atoms with van der Waals surface area (Å²) in [6.45, 7) is 2.01. The molecule has 7 heteroatoms. The summed E-state index contributed by atoms with van der Waals surface area (Å²) >= 11 is 0. The first-order valence-electron chi connectivity index (χ1n) is 9.88. The molecule has 0 aliphatic carbocycles. The Hall–Kier alpha value is -3.48. The second-order valence-corrected chi connectivity index (χ2v) is 6.82. The van der Waals surface area contributed by atoms with E-state index in [9.17, 15) is 19.2 Å². The molecule has 156 valence electrons. The van der Waals surface area contributed by atoms with Crippen molar-refractivity contribution in [2.75, 3.05) is 19.8 Å². The SMILES string of the molecule is CCC(=O)c1ccc(OCC(=O)OCCCCN2C(=O)c3ccccc3C2=O)cc1. The van der Waals surface area contributed by atoms with Gasteiger partial charge in [0.1, 0.15) is 5.75 Å². The van der Waals surface area contributed by atoms with Crippen molar-refractivity contribution in [3.63, 3.8) is 0 Å². The molecule has 1 aliphatic rings. The molecule has 0 saturated carbocycles. The van der Waals surface area contributed by atoms with Gasteiger partial charge in [0.15, 0.2) is 12.4 Å². The van der Waals surface area contributed by atoms with Gasteiger partial charge in [0.05, 0.1) is 17.7 Å². The molecule has 0 fully saturated rings. The molecule has 2 aromatic carbocycles. The summed E-state index contributed by atoms with van der Waals surface area (Å²) in [5, 5.41) is 0. The molecule has 2 amide bonds. The molecule has 0 spiro atoms. The zero-order chi connectivity index (χ0) is 21.5. The molecule has 2 aromatic rings. The number of ether oxygens (including phenoxy) is 2. The minimum Gasteiger partial charge on any atom is -0.482 e. The van der Waals surface area contributed by atoms with Crippen LogP contribution in [0.3, 0.4) is 0 Å². The number of unbranched alkanes of at least 4 members (excludes halogenated alkanes) is 1. The van der Waals surface area contributed by atoms with E-state index in [1.165, 1.54) is 4.90 Å². The monoisotopic (exact) mass is 409 g/mol. The second kappa shape index (κ2) is 9.82. The Balaban J connectivity index is 1.33. The lowest BCUT2D eigenvalue weighted by Gasteiger charge is -2.13. The van der Waals surface area contributed by atoms with Crippen LogP contribution >= 0.6 is 0 Å². The predicted molar refractivity (Wildman–Crippen MR) is 109 cm³/mol. The molecule has 0 unspecified atom stereocenters. The molecule has 0 atom stereocenters. The van der Waals surface area contributed by atoms with Gasteiger partial charge in [-0.3, -0.25) is 19.3 Å². The van der Waals surface area contributed by atoms with Gasteiger partial charge in [-0.05, 0) is 49.2 Å². The van der Waals surface area contributed by atoms with Gasteiger partial charge in [0, 0.05) is 18.5 Å². The van der Waals surface area contributed by atoms with Crippen LogP contribution in [0.25, 0.3) is 0 Å². The Morgan fingerprint density at radius 2 is 1.53 bits per heavy atom. The quantitative estimate of drug-likeness (QED) is 0.259. The number of carbonyl (C=O) groups is 4. The number of nitrogens with zero attached hydrogens (tertiary/aromatic N) is 1. The van der Waals surface area contributed by atoms with E-state index in [4.69, 9.17) is 9.47 Å². The number of benzene rings is 2. The Morgan fingerprint density at radius 1 is 0.900 bits per heavy atom. The number of hydrogen-bond acceptors (Lipinski definition) is 6. The van der Waals surface area contributed by atoms with Crippen LogP contribution in [0, 0.1) is 0 Å². The molecule has 0 N–H and O–H groups in total. The van der Waals surface area contributed by atoms with E-state index in [0.717, 1.165) is 0 Å². The molecule has 0 aromatic heterocycles. The van der Waals surface area contributed by atoms with Crippen LogP contribution in [0.15, 0.2) is 48.5 Å². The minimum atomic E-state index is -0.510. The van der Waals surface area contributed by atoms with Crippen molar-refractivity contribution in [2.24, 2.45) is 0 Å². The van der Waals surface area contributed by atoms with Gasteiger partial charge < -0.3 is 9.47 Å². The van der Waals surface area contributed by atoms with Crippen molar-refractivity contribution < 1.29 is 28.7 Å². The number of hydrogen-bond donors (Lipinski definition) is 0. The molecule has 1 heterocycles. The van der Waals surface area contributed by atoms with Crippen molar-refractivity contribution in [1.82, 2.24) is 4.90 Å². The largest absolute Gasteiger partial charge is 0.482 e. The summed E-state index contributed by atoms with van der Waals surface area (Å²) < 4.78 is 10.5. The molecule has 1 aliphatic heterocycles. The highest BCUT2D eigenvalue weighted by atomic mass is 16.6. The fourth-order valence-corrected chi connectivity index (χ4v) is 3.13. The normalized spacial score (nSPS) is 12.6. The summed E-state index contributed by atoms with van der Waals surface area (Å²) in [6, 6.07) is 13.3. The zero-order valence-corrected chi connectivity index (χ0v) is 16.8. The van der Waals surface area contributed by atoms with Gasteiger partial charge in [-0.1, -0.05) is 19.1 Å². The van der Waals surface area contributed by atoms with Crippen molar-refractivity contribution in [3.05, 3.63) is 65.2 Å². The number of Topliss-reactive ketones (excluding diaryl/α,β-unsaturated/α-hetero) is 1. The van der Waals surface area contributed by atoms with Crippen LogP contribution < -0.4 is 4.74 Å². The van der Waals surface area contributed by atoms with Crippen LogP contribution in [-0.4, -0.2) is 48.2 Å². The topological polar surface area (TPSA) is 90.0 Å². The second-order valence-electron chi connectivity index (χ2n) is 6.82. The average Bonchev–Trinajstić information content (AvgIpc) is 3.02. The van der Waals surface area contributed by atoms with E-state index < -0.39 is 5.97 Å². The van der Waals surface area contributed by atoms with Crippen LogP contribution in [0.5, 0.6) is 5.75 Å². The van der Waals surface area contributed by atoms with E-state index in [1.807, 2.05) is 0 Å². The first kappa shape index (κ1) is 21.2. The maximum absolute atomic E-state index is 12.3. The molecular formula is C23H23NO6. The average molecular weight is 409 g/mol. The van der Waals surface area contributed by atoms with Gasteiger partial charge in [0.2, 0.25) is 0 Å². The lowest BCUT2D eigenvalue weighted by atomic mass is 10.1. The highest BCUT2D eigenvalue weighted by Crippen LogP contribution is 2.22. The third kappa shape index (κ3) is 4.92. The minimum absolute atomic E-state index is 0.0437. The zero-order valence-electron chi connectivity index (χ0n) is 16.8. The van der Waals surface area contributed by atoms with Crippen molar-refractivity contribution >= 4 is 23.6 Å². The van der Waals surface area contributed by atoms with Crippen molar-refractivity contribution in [2.45, 2.75) is 26.2 Å². The third-order valence-electron chi connectivity index (χ3n) is 4.77. The van der Waals surface area contributed by atoms with Gasteiger partial charge in [-0.25, -0.2) is 4.79 Å². The maximum atomic E-state index is 12.3. The standard InChI is InChI=1S/C23H23NO6/c1-2-20(25)16-9-11-17(12-10-16)30-15-21(26)29-14-6-5-13-24-22(27)18-7-3-4-8-19(18)23(24)28/h3-4,7-12H,2,5-6,13-15H2,1H3.